The molecule has 2 aliphatic carbocycles. The first-order valence-electron chi connectivity index (χ1n) is 12.2. The fourth-order valence-electron chi connectivity index (χ4n) is 5.46. The van der Waals surface area contributed by atoms with Gasteiger partial charge in [0, 0.05) is 25.9 Å². The van der Waals surface area contributed by atoms with Crippen LogP contribution in [0, 0.1) is 6.92 Å². The van der Waals surface area contributed by atoms with E-state index in [1.165, 1.54) is 18.2 Å². The normalized spacial score (nSPS) is 17.3. The molecule has 1 aliphatic heterocycles. The Kier molecular flexibility index (Phi) is 8.68. The number of anilines is 2. The van der Waals surface area contributed by atoms with E-state index in [1.807, 2.05) is 0 Å². The molecule has 2 heterocycles. The Hall–Kier alpha value is -1.63. The minimum atomic E-state index is -4.43. The largest absolute Gasteiger partial charge is 1.00 e. The third-order valence-electron chi connectivity index (χ3n) is 7.15. The molecule has 0 unspecified atom stereocenters. The van der Waals surface area contributed by atoms with Gasteiger partial charge < -0.3 is 24.0 Å². The number of rotatable bonds is 7. The minimum absolute atomic E-state index is 0. The predicted molar refractivity (Wildman–Crippen MR) is 130 cm³/mol. The Morgan fingerprint density at radius 1 is 1.17 bits per heavy atom. The van der Waals surface area contributed by atoms with Gasteiger partial charge in [0.2, 0.25) is 5.88 Å². The van der Waals surface area contributed by atoms with Crippen LogP contribution in [0.4, 0.5) is 16.4 Å². The Bertz CT molecular complexity index is 1190. The molecule has 0 spiro atoms. The molecule has 2 aromatic rings. The summed E-state index contributed by atoms with van der Waals surface area (Å²) in [4.78, 5) is 13.1. The number of aromatic nitrogens is 1. The molecule has 5 rings (SSSR count). The van der Waals surface area contributed by atoms with Crippen molar-refractivity contribution in [1.29, 1.82) is 0 Å². The number of nitrogens with zero attached hydrogens (tertiary/aromatic N) is 3. The van der Waals surface area contributed by atoms with Gasteiger partial charge in [0.25, 0.3) is 10.2 Å². The number of amides is 2. The van der Waals surface area contributed by atoms with E-state index < -0.39 is 22.3 Å². The van der Waals surface area contributed by atoms with Crippen molar-refractivity contribution in [3.05, 3.63) is 44.3 Å². The van der Waals surface area contributed by atoms with Gasteiger partial charge in [-0.25, -0.2) is 12.7 Å². The third-order valence-corrected chi connectivity index (χ3v) is 8.51. The van der Waals surface area contributed by atoms with Crippen LogP contribution in [0.15, 0.2) is 10.6 Å². The number of carbonyl (C=O) groups excluding carboxylic acids is 1. The number of ether oxygens (including phenoxy) is 2. The van der Waals surface area contributed by atoms with Crippen LogP contribution < -0.4 is 39.2 Å². The van der Waals surface area contributed by atoms with Gasteiger partial charge in [0.05, 0.1) is 12.6 Å². The molecular formula is C24H31N4NaO6S. The van der Waals surface area contributed by atoms with Gasteiger partial charge in [-0.2, -0.15) is 0 Å². The van der Waals surface area contributed by atoms with Crippen molar-refractivity contribution in [3.8, 4) is 0 Å². The summed E-state index contributed by atoms with van der Waals surface area (Å²) in [6, 6.07) is 0.897. The Balaban J connectivity index is 0.00000304. The van der Waals surface area contributed by atoms with E-state index >= 15 is 0 Å². The topological polar surface area (TPSA) is 125 Å². The van der Waals surface area contributed by atoms with Gasteiger partial charge in [-0.1, -0.05) is 11.2 Å². The zero-order valence-corrected chi connectivity index (χ0v) is 23.9. The molecule has 12 heteroatoms. The second-order valence-electron chi connectivity index (χ2n) is 9.37. The predicted octanol–water partition coefficient (Wildman–Crippen LogP) is 0.947. The number of hydrogen-bond donors (Lipinski definition) is 1. The number of hydrogen-bond acceptors (Lipinski definition) is 7. The van der Waals surface area contributed by atoms with Crippen molar-refractivity contribution in [2.24, 2.45) is 0 Å². The van der Waals surface area contributed by atoms with Crippen molar-refractivity contribution in [1.82, 2.24) is 5.16 Å². The number of carbonyl (C=O) groups is 1. The number of methoxy groups -OCH3 is 1. The molecule has 1 saturated heterocycles. The minimum Gasteiger partial charge on any atom is -0.423 e. The number of nitrogens with one attached hydrogen (secondary N) is 1. The summed E-state index contributed by atoms with van der Waals surface area (Å²) in [6.45, 7) is 2.71. The second kappa shape index (κ2) is 11.4. The zero-order valence-electron chi connectivity index (χ0n) is 21.1. The summed E-state index contributed by atoms with van der Waals surface area (Å²) in [7, 11) is -2.91. The summed E-state index contributed by atoms with van der Waals surface area (Å²) in [5, 5.41) is 6.83. The molecule has 36 heavy (non-hydrogen) atoms. The fourth-order valence-corrected chi connectivity index (χ4v) is 6.77. The molecule has 0 atom stereocenters. The smallest absolute Gasteiger partial charge is 0.423 e. The zero-order chi connectivity index (χ0) is 24.6. The van der Waals surface area contributed by atoms with Gasteiger partial charge in [-0.3, -0.25) is 4.79 Å². The van der Waals surface area contributed by atoms with E-state index in [0.29, 0.717) is 37.3 Å². The van der Waals surface area contributed by atoms with Crippen molar-refractivity contribution in [2.75, 3.05) is 29.9 Å². The van der Waals surface area contributed by atoms with Crippen LogP contribution in [0.25, 0.3) is 4.72 Å². The van der Waals surface area contributed by atoms with E-state index in [0.717, 1.165) is 59.6 Å². The van der Waals surface area contributed by atoms with Crippen molar-refractivity contribution in [3.63, 3.8) is 0 Å². The van der Waals surface area contributed by atoms with Crippen molar-refractivity contribution >= 4 is 27.8 Å². The molecule has 0 bridgehead atoms. The number of fused-ring (bicyclic) bond motifs is 2. The summed E-state index contributed by atoms with van der Waals surface area (Å²) in [6.07, 6.45) is 6.68. The standard InChI is InChI=1S/C24H32N4O6S.Na/c1-15-21(14-32-2)26-34-23(15)28(18-9-11-33-12-10-18)35(30,31)27-24(29)25-22-19-7-3-5-16(19)13-17-6-4-8-20(17)22;/h13,18H,3-12,14H2,1-2H3,(H2,25,27,29);/q;+1/p-1. The maximum atomic E-state index is 13.6. The molecule has 1 N–H and O–H groups in total. The molecule has 1 fully saturated rings. The molecule has 0 saturated carbocycles. The van der Waals surface area contributed by atoms with Crippen LogP contribution in [0.3, 0.4) is 0 Å². The Labute approximate surface area is 233 Å². The van der Waals surface area contributed by atoms with Crippen molar-refractivity contribution in [2.45, 2.75) is 70.9 Å². The fraction of sp³-hybridized carbons (Fsp3) is 0.583. The van der Waals surface area contributed by atoms with Crippen LogP contribution in [-0.2, 0) is 52.0 Å². The number of aryl methyl sites for hydroxylation is 2. The molecular weight excluding hydrogens is 495 g/mol. The van der Waals surface area contributed by atoms with Gasteiger partial charge in [0.15, 0.2) is 6.03 Å². The van der Waals surface area contributed by atoms with Gasteiger partial charge in [-0.05, 0) is 86.2 Å². The maximum absolute atomic E-state index is 13.6. The summed E-state index contributed by atoms with van der Waals surface area (Å²) in [5.41, 5.74) is 6.51. The first kappa shape index (κ1) is 27.4. The van der Waals surface area contributed by atoms with Crippen LogP contribution in [-0.4, -0.2) is 46.0 Å². The average Bonchev–Trinajstić information content (AvgIpc) is 3.56. The molecule has 10 nitrogen and oxygen atoms in total. The molecule has 0 radical (unpaired) electrons. The summed E-state index contributed by atoms with van der Waals surface area (Å²) in [5.74, 6) is 0.0574. The second-order valence-corrected chi connectivity index (χ2v) is 10.8. The van der Waals surface area contributed by atoms with Gasteiger partial charge in [0.1, 0.15) is 5.69 Å². The van der Waals surface area contributed by atoms with E-state index in [9.17, 15) is 13.2 Å². The quantitative estimate of drug-likeness (QED) is 0.533. The van der Waals surface area contributed by atoms with Crippen LogP contribution >= 0.6 is 0 Å². The molecule has 2 amide bonds. The van der Waals surface area contributed by atoms with Gasteiger partial charge >= 0.3 is 29.6 Å². The summed E-state index contributed by atoms with van der Waals surface area (Å²) >= 11 is 0. The van der Waals surface area contributed by atoms with E-state index in [1.54, 1.807) is 6.92 Å². The van der Waals surface area contributed by atoms with E-state index in [2.05, 4.69) is 21.3 Å². The number of urea groups is 1. The Morgan fingerprint density at radius 2 is 1.81 bits per heavy atom. The van der Waals surface area contributed by atoms with E-state index in [4.69, 9.17) is 14.0 Å². The number of benzene rings is 1. The maximum Gasteiger partial charge on any atom is 1.00 e. The molecule has 190 valence electrons. The SMILES string of the molecule is COCc1noc(N(C2CCOCC2)S(=O)(=O)[N-]C(=O)Nc2c3c(cc4c2CCC4)CCC3)c1C.[Na+]. The van der Waals surface area contributed by atoms with Crippen LogP contribution in [0.2, 0.25) is 0 Å². The molecule has 3 aliphatic rings. The Morgan fingerprint density at radius 3 is 2.42 bits per heavy atom. The monoisotopic (exact) mass is 526 g/mol. The van der Waals surface area contributed by atoms with Crippen LogP contribution in [0.5, 0.6) is 0 Å². The third kappa shape index (κ3) is 5.32. The first-order valence-corrected chi connectivity index (χ1v) is 13.6. The first-order chi connectivity index (χ1) is 16.9. The van der Waals surface area contributed by atoms with E-state index in [-0.39, 0.29) is 42.0 Å². The van der Waals surface area contributed by atoms with Crippen molar-refractivity contribution < 1.29 is 56.8 Å². The average molecular weight is 527 g/mol. The molecule has 1 aromatic heterocycles. The van der Waals surface area contributed by atoms with Gasteiger partial charge in [-0.15, -0.1) is 0 Å². The van der Waals surface area contributed by atoms with Crippen LogP contribution in [0.1, 0.15) is 59.2 Å². The molecule has 1 aromatic carbocycles. The summed E-state index contributed by atoms with van der Waals surface area (Å²) < 4.78 is 47.9.